The third kappa shape index (κ3) is 8.14. The zero-order chi connectivity index (χ0) is 51.5. The van der Waals surface area contributed by atoms with Crippen LogP contribution in [0.1, 0.15) is 146 Å². The van der Waals surface area contributed by atoms with Crippen molar-refractivity contribution in [1.29, 1.82) is 0 Å². The van der Waals surface area contributed by atoms with Gasteiger partial charge in [-0.25, -0.2) is 0 Å². The molecule has 0 bridgehead atoms. The van der Waals surface area contributed by atoms with Gasteiger partial charge in [-0.05, 0) is 167 Å². The fraction of sp³-hybridized carbons (Fsp3) is 0.274. The van der Waals surface area contributed by atoms with Gasteiger partial charge in [0, 0.05) is 45.9 Å². The number of fused-ring (bicyclic) bond motifs is 10. The molecule has 2 heteroatoms. The number of hydrogen-bond acceptors (Lipinski definition) is 2. The van der Waals surface area contributed by atoms with Crippen molar-refractivity contribution in [3.05, 3.63) is 203 Å². The third-order valence-corrected chi connectivity index (χ3v) is 17.7. The predicted octanol–water partition coefficient (Wildman–Crippen LogP) is 20.1. The Morgan fingerprint density at radius 3 is 1.44 bits per heavy atom. The number of unbranched alkanes of at least 4 members (excludes halogenated alkanes) is 6. The minimum Gasteiger partial charge on any atom is -0.407 e. The van der Waals surface area contributed by atoms with Gasteiger partial charge in [-0.3, -0.25) is 4.98 Å². The topological polar surface area (TPSA) is 22.1 Å². The second-order valence-electron chi connectivity index (χ2n) is 22.8. The van der Waals surface area contributed by atoms with Gasteiger partial charge in [-0.1, -0.05) is 208 Å². The zero-order valence-corrected chi connectivity index (χ0v) is 45.1. The molecule has 0 unspecified atom stereocenters. The molecule has 8 aromatic carbocycles. The maximum atomic E-state index is 6.09. The minimum absolute atomic E-state index is 0.0672. The Labute approximate surface area is 446 Å². The van der Waals surface area contributed by atoms with Crippen LogP contribution in [0.25, 0.3) is 88.8 Å². The van der Waals surface area contributed by atoms with Gasteiger partial charge in [-0.2, -0.15) is 0 Å². The highest BCUT2D eigenvalue weighted by Gasteiger charge is 2.43. The summed E-state index contributed by atoms with van der Waals surface area (Å²) in [6, 6.07) is 62.3. The maximum Gasteiger partial charge on any atom is 0.148 e. The number of ether oxygens (including phenoxy) is 1. The fourth-order valence-corrected chi connectivity index (χ4v) is 13.6. The summed E-state index contributed by atoms with van der Waals surface area (Å²) in [6.45, 7) is 16.1. The second-order valence-corrected chi connectivity index (χ2v) is 22.8. The number of pyridine rings is 1. The standard InChI is InChI=1S/C73H69NO/c1-8-11-13-19-38-73(39-20-14-12-9-2)63-24-18-17-23-56(63)61-34-28-52(46-68(61)73)51-27-33-58-57-31-25-49(43-64(57)71(4,5)65(58)45-51)50-26-32-59-60-35-29-53(47-67(60)72(6,7)66(59)44-50)62-42-54(30-36-69(62)75-41-10-3)70-55-22-16-15-21-48(55)37-40-74-70/h15-18,21-37,40,42-47H,8-9,11-14,19-20,38-39H2,1-7H3. The molecule has 0 spiro atoms. The summed E-state index contributed by atoms with van der Waals surface area (Å²) in [4.78, 5) is 4.87. The van der Waals surface area contributed by atoms with Crippen LogP contribution in [0.2, 0.25) is 0 Å². The molecule has 0 fully saturated rings. The Bertz CT molecular complexity index is 3740. The van der Waals surface area contributed by atoms with Gasteiger partial charge < -0.3 is 4.74 Å². The smallest absolute Gasteiger partial charge is 0.148 e. The van der Waals surface area contributed by atoms with E-state index >= 15 is 0 Å². The molecule has 75 heavy (non-hydrogen) atoms. The Morgan fingerprint density at radius 1 is 0.413 bits per heavy atom. The van der Waals surface area contributed by atoms with Crippen LogP contribution in [0.4, 0.5) is 0 Å². The largest absolute Gasteiger partial charge is 0.407 e. The van der Waals surface area contributed by atoms with Crippen LogP contribution < -0.4 is 4.74 Å². The summed E-state index contributed by atoms with van der Waals surface area (Å²) < 4.78 is 6.09. The van der Waals surface area contributed by atoms with E-state index in [2.05, 4.69) is 211 Å². The van der Waals surface area contributed by atoms with Gasteiger partial charge in [0.1, 0.15) is 11.9 Å². The quantitative estimate of drug-likeness (QED) is 0.0754. The first kappa shape index (κ1) is 48.5. The number of benzene rings is 8. The lowest BCUT2D eigenvalue weighted by atomic mass is 9.70. The highest BCUT2D eigenvalue weighted by atomic mass is 16.5. The lowest BCUT2D eigenvalue weighted by Gasteiger charge is -2.33. The summed E-state index contributed by atoms with van der Waals surface area (Å²) in [7, 11) is 0. The van der Waals surface area contributed by atoms with Crippen molar-refractivity contribution in [3.8, 4) is 95.8 Å². The Hall–Kier alpha value is -7.47. The minimum atomic E-state index is -0.234. The molecule has 1 aromatic heterocycles. The van der Waals surface area contributed by atoms with Crippen LogP contribution in [0, 0.1) is 12.0 Å². The van der Waals surface area contributed by atoms with E-state index in [1.165, 1.54) is 147 Å². The highest BCUT2D eigenvalue weighted by molar-refractivity contribution is 5.96. The molecule has 0 aliphatic heterocycles. The molecule has 3 aliphatic rings. The molecule has 0 amide bonds. The second kappa shape index (κ2) is 19.3. The average Bonchev–Trinajstić information content (AvgIpc) is 3.97. The monoisotopic (exact) mass is 976 g/mol. The maximum absolute atomic E-state index is 6.09. The van der Waals surface area contributed by atoms with Gasteiger partial charge in [0.05, 0.1) is 5.69 Å². The number of hydrogen-bond donors (Lipinski definition) is 0. The van der Waals surface area contributed by atoms with Gasteiger partial charge in [0.15, 0.2) is 0 Å². The van der Waals surface area contributed by atoms with Crippen molar-refractivity contribution in [1.82, 2.24) is 4.98 Å². The summed E-state index contributed by atoms with van der Waals surface area (Å²) >= 11 is 0. The molecule has 372 valence electrons. The van der Waals surface area contributed by atoms with Crippen LogP contribution in [-0.4, -0.2) is 4.98 Å². The molecule has 1 heterocycles. The van der Waals surface area contributed by atoms with E-state index in [1.807, 2.05) is 12.3 Å². The zero-order valence-electron chi connectivity index (χ0n) is 45.1. The van der Waals surface area contributed by atoms with E-state index in [0.29, 0.717) is 0 Å². The van der Waals surface area contributed by atoms with E-state index in [9.17, 15) is 0 Å². The first-order valence-electron chi connectivity index (χ1n) is 28.0. The SMILES string of the molecule is CC#COc1ccc(-c2nccc3ccccc23)cc1-c1ccc2c(c1)C(C)(C)c1cc(-c3ccc4c(c3)C(C)(C)c3cc(-c5ccc6c(c5)C(CCCCCC)(CCCCCC)c5ccccc5-6)ccc3-4)ccc1-2. The van der Waals surface area contributed by atoms with E-state index in [-0.39, 0.29) is 16.2 Å². The van der Waals surface area contributed by atoms with Crippen LogP contribution >= 0.6 is 0 Å². The Balaban J connectivity index is 0.855. The molecular formula is C73H69NO. The van der Waals surface area contributed by atoms with Crippen LogP contribution in [0.15, 0.2) is 170 Å². The van der Waals surface area contributed by atoms with Crippen molar-refractivity contribution in [2.24, 2.45) is 0 Å². The van der Waals surface area contributed by atoms with Gasteiger partial charge in [-0.15, -0.1) is 0 Å². The highest BCUT2D eigenvalue weighted by Crippen LogP contribution is 2.57. The number of nitrogens with zero attached hydrogens (tertiary/aromatic N) is 1. The molecule has 0 N–H and O–H groups in total. The van der Waals surface area contributed by atoms with E-state index < -0.39 is 0 Å². The average molecular weight is 976 g/mol. The summed E-state index contributed by atoms with van der Waals surface area (Å²) in [5, 5.41) is 2.29. The molecule has 9 aromatic rings. The number of rotatable bonds is 15. The lowest BCUT2D eigenvalue weighted by Crippen LogP contribution is -2.25. The van der Waals surface area contributed by atoms with Crippen molar-refractivity contribution in [2.45, 2.75) is 129 Å². The molecule has 3 aliphatic carbocycles. The van der Waals surface area contributed by atoms with E-state index in [1.54, 1.807) is 18.1 Å². The van der Waals surface area contributed by atoms with Crippen molar-refractivity contribution >= 4 is 10.8 Å². The van der Waals surface area contributed by atoms with Crippen molar-refractivity contribution in [2.75, 3.05) is 0 Å². The molecule has 12 rings (SSSR count). The molecule has 2 nitrogen and oxygen atoms in total. The lowest BCUT2D eigenvalue weighted by molar-refractivity contribution is 0.401. The molecule has 0 saturated heterocycles. The van der Waals surface area contributed by atoms with E-state index in [4.69, 9.17) is 9.72 Å². The normalized spacial score (nSPS) is 14.5. The molecule has 0 radical (unpaired) electrons. The summed E-state index contributed by atoms with van der Waals surface area (Å²) in [5.74, 6) is 3.66. The van der Waals surface area contributed by atoms with E-state index in [0.717, 1.165) is 33.5 Å². The molecular weight excluding hydrogens is 907 g/mol. The summed E-state index contributed by atoms with van der Waals surface area (Å²) in [6.07, 6.45) is 17.5. The van der Waals surface area contributed by atoms with Crippen LogP contribution in [0.5, 0.6) is 5.75 Å². The van der Waals surface area contributed by atoms with Gasteiger partial charge in [0.25, 0.3) is 0 Å². The fourth-order valence-electron chi connectivity index (χ4n) is 13.6. The summed E-state index contributed by atoms with van der Waals surface area (Å²) in [5.41, 5.74) is 25.7. The van der Waals surface area contributed by atoms with Crippen molar-refractivity contribution in [3.63, 3.8) is 0 Å². The van der Waals surface area contributed by atoms with Crippen molar-refractivity contribution < 1.29 is 4.74 Å². The van der Waals surface area contributed by atoms with Gasteiger partial charge in [0.2, 0.25) is 0 Å². The Kier molecular flexibility index (Phi) is 12.5. The first-order valence-corrected chi connectivity index (χ1v) is 28.0. The third-order valence-electron chi connectivity index (χ3n) is 17.7. The molecule has 0 atom stereocenters. The number of aromatic nitrogens is 1. The van der Waals surface area contributed by atoms with Crippen LogP contribution in [0.3, 0.4) is 0 Å². The Morgan fingerprint density at radius 2 is 0.880 bits per heavy atom. The van der Waals surface area contributed by atoms with Gasteiger partial charge >= 0.3 is 0 Å². The van der Waals surface area contributed by atoms with Crippen LogP contribution in [-0.2, 0) is 16.2 Å². The predicted molar refractivity (Wildman–Crippen MR) is 316 cm³/mol. The molecule has 0 saturated carbocycles. The first-order chi connectivity index (χ1) is 36.5.